The van der Waals surface area contributed by atoms with Crippen LogP contribution in [0.4, 0.5) is 11.4 Å². The van der Waals surface area contributed by atoms with Gasteiger partial charge >= 0.3 is 11.9 Å². The standard InChI is InChI=1S/C39H42I6N6O11/c1-7-11-50(12-8-2)38(59)26-28(40)24(30(42)34(32(26)44)48-22(55)17-61-19(5)52)36(57)46-15-21(54)16-47-37(58)25-29(41)27(39(60)51(13-9-3)14-10-4)33(45)35(31(25)43)49-23(56)18-62-20(6)53/h7-10,21-22,48,54-55H,1-4,11-18H2,5-6H3,(H,46,57)(H,47,58)(H,49,56). The molecule has 23 heteroatoms. The monoisotopic (exact) mass is 1530 g/mol. The summed E-state index contributed by atoms with van der Waals surface area (Å²) >= 11 is 11.3. The first-order valence-corrected chi connectivity index (χ1v) is 24.3. The zero-order valence-electron chi connectivity index (χ0n) is 33.2. The van der Waals surface area contributed by atoms with E-state index in [9.17, 15) is 43.8 Å². The summed E-state index contributed by atoms with van der Waals surface area (Å²) in [4.78, 5) is 94.2. The Morgan fingerprint density at radius 2 is 0.968 bits per heavy atom. The highest BCUT2D eigenvalue weighted by Crippen LogP contribution is 2.38. The quantitative estimate of drug-likeness (QED) is 0.0362. The predicted molar refractivity (Wildman–Crippen MR) is 284 cm³/mol. The van der Waals surface area contributed by atoms with Gasteiger partial charge in [-0.1, -0.05) is 24.3 Å². The molecule has 5 amide bonds. The Morgan fingerprint density at radius 3 is 1.35 bits per heavy atom. The summed E-state index contributed by atoms with van der Waals surface area (Å²) < 4.78 is 11.5. The lowest BCUT2D eigenvalue weighted by Crippen LogP contribution is -2.41. The van der Waals surface area contributed by atoms with E-state index >= 15 is 0 Å². The number of aliphatic hydroxyl groups is 2. The molecule has 2 aromatic carbocycles. The maximum Gasteiger partial charge on any atom is 0.303 e. The summed E-state index contributed by atoms with van der Waals surface area (Å²) in [6.45, 7) is 16.0. The first kappa shape index (κ1) is 55.9. The SMILES string of the molecule is C=CCN(CC=C)C(=O)c1c(I)c(NC(=O)COC(C)=O)c(I)c(C(=O)NCC(O)CNC(=O)c2c(I)c(NC(O)COC(C)=O)c(I)c(C(=O)N(CC=C)CC=C)c2I)c1I. The van der Waals surface area contributed by atoms with Crippen LogP contribution in [0, 0.1) is 21.4 Å². The average Bonchev–Trinajstić information content (AvgIpc) is 3.20. The fraction of sp³-hybridized carbons (Fsp3) is 0.308. The molecule has 62 heavy (non-hydrogen) atoms. The van der Waals surface area contributed by atoms with E-state index in [-0.39, 0.29) is 83.6 Å². The number of benzene rings is 2. The highest BCUT2D eigenvalue weighted by Gasteiger charge is 2.33. The van der Waals surface area contributed by atoms with Crippen LogP contribution in [0.2, 0.25) is 0 Å². The van der Waals surface area contributed by atoms with Crippen molar-refractivity contribution in [2.24, 2.45) is 0 Å². The molecule has 2 rings (SSSR count). The molecule has 0 saturated heterocycles. The van der Waals surface area contributed by atoms with Gasteiger partial charge in [0.1, 0.15) is 6.61 Å². The summed E-state index contributed by atoms with van der Waals surface area (Å²) in [6.07, 6.45) is 3.35. The maximum absolute atomic E-state index is 14.0. The van der Waals surface area contributed by atoms with Crippen molar-refractivity contribution in [2.75, 3.05) is 63.1 Å². The number of nitrogens with one attached hydrogen (secondary N) is 4. The zero-order valence-corrected chi connectivity index (χ0v) is 46.1. The Labute approximate surface area is 440 Å². The lowest BCUT2D eigenvalue weighted by atomic mass is 10.1. The summed E-state index contributed by atoms with van der Waals surface area (Å²) in [5, 5.41) is 32.5. The second kappa shape index (κ2) is 27.3. The van der Waals surface area contributed by atoms with Gasteiger partial charge in [-0.2, -0.15) is 0 Å². The highest BCUT2D eigenvalue weighted by molar-refractivity contribution is 14.1. The Balaban J connectivity index is 2.52. The van der Waals surface area contributed by atoms with E-state index in [0.29, 0.717) is 10.7 Å². The first-order chi connectivity index (χ1) is 29.2. The molecule has 0 aliphatic carbocycles. The third-order valence-electron chi connectivity index (χ3n) is 7.91. The number of nitrogens with zero attached hydrogens (tertiary/aromatic N) is 2. The van der Waals surface area contributed by atoms with Crippen molar-refractivity contribution < 1.29 is 53.2 Å². The minimum Gasteiger partial charge on any atom is -0.461 e. The molecule has 17 nitrogen and oxygen atoms in total. The van der Waals surface area contributed by atoms with Gasteiger partial charge in [-0.05, 0) is 136 Å². The van der Waals surface area contributed by atoms with E-state index in [4.69, 9.17) is 9.47 Å². The number of halogens is 6. The number of esters is 2. The molecule has 2 atom stereocenters. The second-order valence-corrected chi connectivity index (χ2v) is 19.0. The molecule has 0 saturated carbocycles. The molecule has 0 aromatic heterocycles. The van der Waals surface area contributed by atoms with E-state index in [0.717, 1.165) is 6.92 Å². The Bertz CT molecular complexity index is 2120. The molecular weight excluding hydrogens is 1490 g/mol. The molecule has 2 unspecified atom stereocenters. The normalized spacial score (nSPS) is 11.5. The van der Waals surface area contributed by atoms with Crippen LogP contribution in [0.5, 0.6) is 0 Å². The van der Waals surface area contributed by atoms with Crippen molar-refractivity contribution in [2.45, 2.75) is 26.2 Å². The van der Waals surface area contributed by atoms with E-state index in [1.807, 2.05) is 136 Å². The molecule has 0 fully saturated rings. The van der Waals surface area contributed by atoms with Crippen LogP contribution < -0.4 is 21.3 Å². The Hall–Kier alpha value is -2.21. The van der Waals surface area contributed by atoms with Gasteiger partial charge in [-0.25, -0.2) is 0 Å². The van der Waals surface area contributed by atoms with Gasteiger partial charge in [0, 0.05) is 60.3 Å². The van der Waals surface area contributed by atoms with E-state index < -0.39 is 67.0 Å². The number of ether oxygens (including phenoxy) is 2. The second-order valence-electron chi connectivity index (χ2n) is 12.6. The largest absolute Gasteiger partial charge is 0.461 e. The number of amides is 5. The number of anilines is 2. The average molecular weight is 1530 g/mol. The van der Waals surface area contributed by atoms with Crippen LogP contribution in [0.15, 0.2) is 50.6 Å². The summed E-state index contributed by atoms with van der Waals surface area (Å²) in [6, 6.07) is 0. The van der Waals surface area contributed by atoms with Gasteiger partial charge in [0.05, 0.1) is 54.0 Å². The molecular formula is C39H42I6N6O11. The van der Waals surface area contributed by atoms with Crippen molar-refractivity contribution in [3.05, 3.63) is 94.3 Å². The van der Waals surface area contributed by atoms with Crippen LogP contribution >= 0.6 is 136 Å². The van der Waals surface area contributed by atoms with E-state index in [1.54, 1.807) is 0 Å². The van der Waals surface area contributed by atoms with Gasteiger partial charge in [-0.15, -0.1) is 26.3 Å². The van der Waals surface area contributed by atoms with Crippen molar-refractivity contribution in [3.8, 4) is 0 Å². The molecule has 336 valence electrons. The highest BCUT2D eigenvalue weighted by atomic mass is 127. The van der Waals surface area contributed by atoms with Crippen molar-refractivity contribution in [3.63, 3.8) is 0 Å². The molecule has 0 radical (unpaired) electrons. The Kier molecular flexibility index (Phi) is 24.6. The van der Waals surface area contributed by atoms with E-state index in [2.05, 4.69) is 47.6 Å². The molecule has 0 heterocycles. The number of rotatable bonds is 23. The van der Waals surface area contributed by atoms with Gasteiger partial charge in [0.25, 0.3) is 29.5 Å². The van der Waals surface area contributed by atoms with Gasteiger partial charge < -0.3 is 50.8 Å². The lowest BCUT2D eigenvalue weighted by Gasteiger charge is -2.25. The van der Waals surface area contributed by atoms with Gasteiger partial charge in [0.2, 0.25) is 0 Å². The molecule has 0 aliphatic heterocycles. The molecule has 2 aromatic rings. The van der Waals surface area contributed by atoms with E-state index in [1.165, 1.54) is 41.0 Å². The van der Waals surface area contributed by atoms with Crippen LogP contribution in [0.3, 0.4) is 0 Å². The van der Waals surface area contributed by atoms with Crippen LogP contribution in [0.25, 0.3) is 0 Å². The molecule has 6 N–H and O–H groups in total. The van der Waals surface area contributed by atoms with Crippen molar-refractivity contribution in [1.82, 2.24) is 20.4 Å². The van der Waals surface area contributed by atoms with Crippen molar-refractivity contribution in [1.29, 1.82) is 0 Å². The topological polar surface area (TPSA) is 233 Å². The Morgan fingerprint density at radius 1 is 0.597 bits per heavy atom. The minimum atomic E-state index is -1.41. The first-order valence-electron chi connectivity index (χ1n) is 17.9. The van der Waals surface area contributed by atoms with Gasteiger partial charge in [0.15, 0.2) is 12.8 Å². The lowest BCUT2D eigenvalue weighted by molar-refractivity contribution is -0.145. The smallest absolute Gasteiger partial charge is 0.303 e. The van der Waals surface area contributed by atoms with Crippen LogP contribution in [0.1, 0.15) is 55.3 Å². The van der Waals surface area contributed by atoms with Crippen LogP contribution in [-0.4, -0.2) is 126 Å². The summed E-state index contributed by atoms with van der Waals surface area (Å²) in [5.74, 6) is -4.40. The number of aliphatic hydroxyl groups excluding tert-OH is 2. The number of carbonyl (C=O) groups excluding carboxylic acids is 7. The summed E-state index contributed by atoms with van der Waals surface area (Å²) in [7, 11) is 0. The fourth-order valence-electron chi connectivity index (χ4n) is 5.18. The molecule has 0 spiro atoms. The maximum atomic E-state index is 14.0. The van der Waals surface area contributed by atoms with Crippen molar-refractivity contribution >= 4 is 188 Å². The zero-order chi connectivity index (χ0) is 47.0. The van der Waals surface area contributed by atoms with Gasteiger partial charge in [-0.3, -0.25) is 33.6 Å². The molecule has 0 aliphatic rings. The summed E-state index contributed by atoms with van der Waals surface area (Å²) in [5.41, 5.74) is 0.602. The fourth-order valence-corrected chi connectivity index (χ4v) is 14.0. The number of carbonyl (C=O) groups is 7. The minimum absolute atomic E-state index is 0.00390. The number of hydrogen-bond donors (Lipinski definition) is 6. The molecule has 0 bridgehead atoms. The third kappa shape index (κ3) is 15.5. The predicted octanol–water partition coefficient (Wildman–Crippen LogP) is 5.26. The number of hydrogen-bond acceptors (Lipinski definition) is 12. The van der Waals surface area contributed by atoms with Crippen LogP contribution in [-0.2, 0) is 23.9 Å². The third-order valence-corrected chi connectivity index (χ3v) is 14.4.